The number of H-pyrrole nitrogens is 2. The van der Waals surface area contributed by atoms with E-state index in [0.717, 1.165) is 17.1 Å². The Kier molecular flexibility index (Phi) is 3.12. The van der Waals surface area contributed by atoms with Crippen LogP contribution < -0.4 is 0 Å². The lowest BCUT2D eigenvalue weighted by atomic mass is 10.2. The van der Waals surface area contributed by atoms with Crippen molar-refractivity contribution in [1.82, 2.24) is 25.1 Å². The van der Waals surface area contributed by atoms with Crippen molar-refractivity contribution < 1.29 is 13.2 Å². The first-order valence-corrected chi connectivity index (χ1v) is 7.06. The highest BCUT2D eigenvalue weighted by Gasteiger charge is 2.34. The predicted octanol–water partition coefficient (Wildman–Crippen LogP) is 4.03. The number of benzene rings is 1. The molecule has 0 bridgehead atoms. The zero-order valence-corrected chi connectivity index (χ0v) is 12.1. The molecular weight excluding hydrogens is 319 g/mol. The molecule has 4 rings (SSSR count). The van der Waals surface area contributed by atoms with Crippen molar-refractivity contribution in [3.8, 4) is 22.9 Å². The number of nitrogens with zero attached hydrogens (tertiary/aromatic N) is 3. The van der Waals surface area contributed by atoms with Gasteiger partial charge in [-0.05, 0) is 30.3 Å². The van der Waals surface area contributed by atoms with Gasteiger partial charge in [-0.25, -0.2) is 9.97 Å². The molecule has 0 aliphatic rings. The maximum Gasteiger partial charge on any atom is 0.435 e. The average molecular weight is 329 g/mol. The second-order valence-corrected chi connectivity index (χ2v) is 5.18. The van der Waals surface area contributed by atoms with E-state index in [-0.39, 0.29) is 5.69 Å². The minimum absolute atomic E-state index is 0.195. The Labute approximate surface area is 133 Å². The minimum atomic E-state index is -4.49. The van der Waals surface area contributed by atoms with Gasteiger partial charge in [-0.1, -0.05) is 18.2 Å². The molecule has 0 unspecified atom stereocenters. The third kappa shape index (κ3) is 2.51. The fraction of sp³-hybridized carbons (Fsp3) is 0.0625. The minimum Gasteiger partial charge on any atom is -0.337 e. The van der Waals surface area contributed by atoms with Gasteiger partial charge in [-0.3, -0.25) is 5.10 Å². The summed E-state index contributed by atoms with van der Waals surface area (Å²) < 4.78 is 38.0. The van der Waals surface area contributed by atoms with Crippen molar-refractivity contribution in [2.45, 2.75) is 6.18 Å². The topological polar surface area (TPSA) is 70.2 Å². The second kappa shape index (κ2) is 5.19. The zero-order valence-electron chi connectivity index (χ0n) is 12.1. The summed E-state index contributed by atoms with van der Waals surface area (Å²) in [6.07, 6.45) is -4.49. The SMILES string of the molecule is FC(F)(F)c1cc(-c2cccc(-c3nc4ccccc4[nH]3)n2)[nH]n1. The Morgan fingerprint density at radius 3 is 2.42 bits per heavy atom. The maximum absolute atomic E-state index is 12.7. The standard InChI is InChI=1S/C16H10F3N5/c17-16(18,19)14-8-13(23-24-14)11-6-3-7-12(20-11)15-21-9-4-1-2-5-10(9)22-15/h1-8H,(H,21,22)(H,23,24). The number of alkyl halides is 3. The lowest BCUT2D eigenvalue weighted by molar-refractivity contribution is -0.141. The maximum atomic E-state index is 12.7. The van der Waals surface area contributed by atoms with Gasteiger partial charge >= 0.3 is 6.18 Å². The van der Waals surface area contributed by atoms with Gasteiger partial charge in [0.1, 0.15) is 5.69 Å². The van der Waals surface area contributed by atoms with Crippen LogP contribution in [0.5, 0.6) is 0 Å². The molecule has 2 N–H and O–H groups in total. The van der Waals surface area contributed by atoms with Crippen LogP contribution >= 0.6 is 0 Å². The number of fused-ring (bicyclic) bond motifs is 1. The lowest BCUT2D eigenvalue weighted by Gasteiger charge is -2.00. The molecule has 1 aromatic carbocycles. The van der Waals surface area contributed by atoms with Gasteiger partial charge in [0.25, 0.3) is 0 Å². The molecular formula is C16H10F3N5. The highest BCUT2D eigenvalue weighted by atomic mass is 19.4. The van der Waals surface area contributed by atoms with E-state index >= 15 is 0 Å². The number of hydrogen-bond donors (Lipinski definition) is 2. The summed E-state index contributed by atoms with van der Waals surface area (Å²) in [7, 11) is 0. The van der Waals surface area contributed by atoms with Crippen LogP contribution in [0, 0.1) is 0 Å². The summed E-state index contributed by atoms with van der Waals surface area (Å²) in [5, 5.41) is 5.66. The van der Waals surface area contributed by atoms with Gasteiger partial charge in [0.05, 0.1) is 22.4 Å². The fourth-order valence-electron chi connectivity index (χ4n) is 2.39. The number of aromatic nitrogens is 5. The molecule has 120 valence electrons. The normalized spacial score (nSPS) is 12.0. The second-order valence-electron chi connectivity index (χ2n) is 5.18. The van der Waals surface area contributed by atoms with Crippen molar-refractivity contribution in [2.75, 3.05) is 0 Å². The van der Waals surface area contributed by atoms with Crippen molar-refractivity contribution in [2.24, 2.45) is 0 Å². The molecule has 3 heterocycles. The Hall–Kier alpha value is -3.16. The number of pyridine rings is 1. The van der Waals surface area contributed by atoms with Gasteiger partial charge in [0.15, 0.2) is 11.5 Å². The molecule has 8 heteroatoms. The molecule has 0 saturated carbocycles. The molecule has 0 saturated heterocycles. The monoisotopic (exact) mass is 329 g/mol. The first kappa shape index (κ1) is 14.4. The number of rotatable bonds is 2. The molecule has 5 nitrogen and oxygen atoms in total. The van der Waals surface area contributed by atoms with Crippen LogP contribution in [0.3, 0.4) is 0 Å². The van der Waals surface area contributed by atoms with Crippen LogP contribution in [0.25, 0.3) is 33.9 Å². The van der Waals surface area contributed by atoms with Crippen LogP contribution in [-0.2, 0) is 6.18 Å². The van der Waals surface area contributed by atoms with Crippen molar-refractivity contribution in [3.63, 3.8) is 0 Å². The van der Waals surface area contributed by atoms with E-state index in [1.165, 1.54) is 0 Å². The van der Waals surface area contributed by atoms with Crippen LogP contribution in [0.1, 0.15) is 5.69 Å². The highest BCUT2D eigenvalue weighted by molar-refractivity contribution is 5.78. The Bertz CT molecular complexity index is 983. The summed E-state index contributed by atoms with van der Waals surface area (Å²) >= 11 is 0. The Morgan fingerprint density at radius 1 is 0.875 bits per heavy atom. The van der Waals surface area contributed by atoms with Crippen LogP contribution in [0.15, 0.2) is 48.5 Å². The van der Waals surface area contributed by atoms with E-state index in [1.807, 2.05) is 24.3 Å². The van der Waals surface area contributed by atoms with Crippen molar-refractivity contribution in [3.05, 3.63) is 54.2 Å². The third-order valence-electron chi connectivity index (χ3n) is 3.53. The van der Waals surface area contributed by atoms with Gasteiger partial charge < -0.3 is 4.98 Å². The molecule has 4 aromatic rings. The average Bonchev–Trinajstić information content (AvgIpc) is 3.21. The number of imidazole rings is 1. The first-order chi connectivity index (χ1) is 11.5. The molecule has 0 atom stereocenters. The van der Waals surface area contributed by atoms with E-state index in [0.29, 0.717) is 17.2 Å². The van der Waals surface area contributed by atoms with Gasteiger partial charge in [0.2, 0.25) is 0 Å². The van der Waals surface area contributed by atoms with E-state index in [1.54, 1.807) is 18.2 Å². The molecule has 0 aliphatic carbocycles. The predicted molar refractivity (Wildman–Crippen MR) is 81.9 cm³/mol. The zero-order chi connectivity index (χ0) is 16.7. The molecule has 3 aromatic heterocycles. The molecule has 0 fully saturated rings. The largest absolute Gasteiger partial charge is 0.435 e. The quantitative estimate of drug-likeness (QED) is 0.583. The summed E-state index contributed by atoms with van der Waals surface area (Å²) in [5.74, 6) is 0.550. The molecule has 0 spiro atoms. The Morgan fingerprint density at radius 2 is 1.67 bits per heavy atom. The van der Waals surface area contributed by atoms with Gasteiger partial charge in [0, 0.05) is 0 Å². The van der Waals surface area contributed by atoms with Crippen LogP contribution in [0.2, 0.25) is 0 Å². The van der Waals surface area contributed by atoms with Gasteiger partial charge in [-0.15, -0.1) is 0 Å². The van der Waals surface area contributed by atoms with E-state index in [9.17, 15) is 13.2 Å². The smallest absolute Gasteiger partial charge is 0.337 e. The van der Waals surface area contributed by atoms with E-state index < -0.39 is 11.9 Å². The van der Waals surface area contributed by atoms with Crippen molar-refractivity contribution in [1.29, 1.82) is 0 Å². The Balaban J connectivity index is 1.74. The van der Waals surface area contributed by atoms with E-state index in [4.69, 9.17) is 0 Å². The summed E-state index contributed by atoms with van der Waals surface area (Å²) in [4.78, 5) is 12.0. The number of nitrogens with one attached hydrogen (secondary N) is 2. The van der Waals surface area contributed by atoms with Gasteiger partial charge in [-0.2, -0.15) is 18.3 Å². The number of para-hydroxylation sites is 2. The third-order valence-corrected chi connectivity index (χ3v) is 3.53. The van der Waals surface area contributed by atoms with Crippen molar-refractivity contribution >= 4 is 11.0 Å². The number of aromatic amines is 2. The number of halogens is 3. The molecule has 0 aliphatic heterocycles. The lowest BCUT2D eigenvalue weighted by Crippen LogP contribution is -2.04. The first-order valence-electron chi connectivity index (χ1n) is 7.06. The number of hydrogen-bond acceptors (Lipinski definition) is 3. The highest BCUT2D eigenvalue weighted by Crippen LogP contribution is 2.30. The van der Waals surface area contributed by atoms with Crippen LogP contribution in [-0.4, -0.2) is 25.1 Å². The molecule has 0 radical (unpaired) electrons. The molecule has 24 heavy (non-hydrogen) atoms. The fourth-order valence-corrected chi connectivity index (χ4v) is 2.39. The van der Waals surface area contributed by atoms with Crippen LogP contribution in [0.4, 0.5) is 13.2 Å². The molecule has 0 amide bonds. The summed E-state index contributed by atoms with van der Waals surface area (Å²) in [6.45, 7) is 0. The summed E-state index contributed by atoms with van der Waals surface area (Å²) in [6, 6.07) is 13.5. The van der Waals surface area contributed by atoms with E-state index in [2.05, 4.69) is 25.1 Å². The summed E-state index contributed by atoms with van der Waals surface area (Å²) in [5.41, 5.74) is 1.76.